The molecule has 1 unspecified atom stereocenters. The highest BCUT2D eigenvalue weighted by atomic mass is 16.6. The monoisotopic (exact) mass is 351 g/mol. The Morgan fingerprint density at radius 1 is 1.23 bits per heavy atom. The first kappa shape index (κ1) is 16.7. The lowest BCUT2D eigenvalue weighted by molar-refractivity contribution is -0.0300. The highest BCUT2D eigenvalue weighted by Gasteiger charge is 2.17. The van der Waals surface area contributed by atoms with Gasteiger partial charge in [0.25, 0.3) is 0 Å². The number of hydrogen-bond acceptors (Lipinski definition) is 5. The van der Waals surface area contributed by atoms with Crippen molar-refractivity contribution < 1.29 is 14.3 Å². The molecule has 2 aromatic heterocycles. The van der Waals surface area contributed by atoms with Crippen molar-refractivity contribution in [1.82, 2.24) is 14.8 Å². The van der Waals surface area contributed by atoms with Crippen molar-refractivity contribution in [2.24, 2.45) is 0 Å². The molecule has 1 atom stereocenters. The Morgan fingerprint density at radius 2 is 2.12 bits per heavy atom. The predicted octanol–water partition coefficient (Wildman–Crippen LogP) is 3.21. The smallest absolute Gasteiger partial charge is 0.339 e. The van der Waals surface area contributed by atoms with Gasteiger partial charge < -0.3 is 9.47 Å². The van der Waals surface area contributed by atoms with E-state index in [2.05, 4.69) is 10.1 Å². The van der Waals surface area contributed by atoms with Crippen molar-refractivity contribution >= 4 is 17.0 Å². The van der Waals surface area contributed by atoms with E-state index in [1.54, 1.807) is 18.5 Å². The van der Waals surface area contributed by atoms with E-state index in [-0.39, 0.29) is 12.1 Å². The summed E-state index contributed by atoms with van der Waals surface area (Å²) in [4.78, 5) is 16.7. The summed E-state index contributed by atoms with van der Waals surface area (Å²) in [5, 5.41) is 5.22. The molecule has 3 aromatic rings. The van der Waals surface area contributed by atoms with Gasteiger partial charge in [0, 0.05) is 18.2 Å². The molecule has 4 rings (SSSR count). The molecule has 0 radical (unpaired) electrons. The molecule has 6 heteroatoms. The maximum atomic E-state index is 12.3. The number of rotatable bonds is 5. The number of aromatic nitrogens is 3. The van der Waals surface area contributed by atoms with Crippen LogP contribution in [0.3, 0.4) is 0 Å². The van der Waals surface area contributed by atoms with Crippen molar-refractivity contribution in [3.05, 3.63) is 59.9 Å². The summed E-state index contributed by atoms with van der Waals surface area (Å²) in [6.07, 6.45) is 6.44. The molecule has 0 N–H and O–H groups in total. The summed E-state index contributed by atoms with van der Waals surface area (Å²) < 4.78 is 12.8. The molecule has 0 bridgehead atoms. The molecular formula is C20H21N3O3. The van der Waals surface area contributed by atoms with Gasteiger partial charge in [-0.15, -0.1) is 0 Å². The maximum Gasteiger partial charge on any atom is 0.339 e. The second-order valence-electron chi connectivity index (χ2n) is 6.51. The van der Waals surface area contributed by atoms with E-state index < -0.39 is 0 Å². The molecule has 1 aliphatic heterocycles. The third kappa shape index (κ3) is 3.75. The van der Waals surface area contributed by atoms with Gasteiger partial charge in [-0.05, 0) is 30.9 Å². The van der Waals surface area contributed by atoms with Crippen LogP contribution in [0, 0.1) is 0 Å². The van der Waals surface area contributed by atoms with Crippen LogP contribution in [0.1, 0.15) is 35.2 Å². The van der Waals surface area contributed by atoms with Crippen LogP contribution in [-0.4, -0.2) is 40.1 Å². The minimum Gasteiger partial charge on any atom is -0.459 e. The molecule has 1 aliphatic rings. The second-order valence-corrected chi connectivity index (χ2v) is 6.51. The van der Waals surface area contributed by atoms with Crippen molar-refractivity contribution in [3.8, 4) is 0 Å². The lowest BCUT2D eigenvalue weighted by Gasteiger charge is -2.22. The molecule has 3 heterocycles. The van der Waals surface area contributed by atoms with Crippen LogP contribution in [0.25, 0.3) is 11.0 Å². The van der Waals surface area contributed by atoms with Crippen molar-refractivity contribution in [3.63, 3.8) is 0 Å². The molecule has 0 aliphatic carbocycles. The number of carbonyl (C=O) groups excluding carboxylic acids is 1. The minimum absolute atomic E-state index is 0.0120. The summed E-state index contributed by atoms with van der Waals surface area (Å²) in [7, 11) is 0. The van der Waals surface area contributed by atoms with Crippen LogP contribution in [0.2, 0.25) is 0 Å². The van der Waals surface area contributed by atoms with Gasteiger partial charge in [-0.1, -0.05) is 30.3 Å². The van der Waals surface area contributed by atoms with E-state index in [1.165, 1.54) is 0 Å². The quantitative estimate of drug-likeness (QED) is 0.661. The van der Waals surface area contributed by atoms with Gasteiger partial charge in [-0.25, -0.2) is 14.5 Å². The zero-order valence-electron chi connectivity index (χ0n) is 14.5. The molecule has 26 heavy (non-hydrogen) atoms. The number of fused-ring (bicyclic) bond motifs is 1. The third-order valence-corrected chi connectivity index (χ3v) is 4.56. The molecule has 1 aromatic carbocycles. The Balaban J connectivity index is 1.45. The molecule has 1 fully saturated rings. The maximum absolute atomic E-state index is 12.3. The summed E-state index contributed by atoms with van der Waals surface area (Å²) in [5.41, 5.74) is 2.34. The Morgan fingerprint density at radius 3 is 2.92 bits per heavy atom. The van der Waals surface area contributed by atoms with E-state index in [1.807, 2.05) is 35.0 Å². The summed E-state index contributed by atoms with van der Waals surface area (Å²) in [5.74, 6) is -0.371. The highest BCUT2D eigenvalue weighted by molar-refractivity contribution is 5.92. The number of carbonyl (C=O) groups is 1. The van der Waals surface area contributed by atoms with E-state index >= 15 is 0 Å². The Labute approximate surface area is 151 Å². The molecule has 0 saturated carbocycles. The molecule has 1 saturated heterocycles. The summed E-state index contributed by atoms with van der Waals surface area (Å²) >= 11 is 0. The summed E-state index contributed by atoms with van der Waals surface area (Å²) in [6, 6.07) is 11.9. The third-order valence-electron chi connectivity index (χ3n) is 4.56. The normalized spacial score (nSPS) is 17.3. The molecule has 134 valence electrons. The van der Waals surface area contributed by atoms with E-state index in [4.69, 9.17) is 9.47 Å². The lowest BCUT2D eigenvalue weighted by atomic mass is 10.1. The van der Waals surface area contributed by atoms with Crippen molar-refractivity contribution in [2.75, 3.05) is 13.2 Å². The molecule has 0 spiro atoms. The molecule has 6 nitrogen and oxygen atoms in total. The number of pyridine rings is 1. The molecule has 0 amide bonds. The zero-order chi connectivity index (χ0) is 17.8. The first-order chi connectivity index (χ1) is 12.8. The standard InChI is InChI=1S/C20H21N3O3/c24-20(26-14-18-8-4-5-9-25-18)17-10-16-12-22-23(19(16)21-11-17)13-15-6-2-1-3-7-15/h1-3,6-7,10-12,18H,4-5,8-9,13-14H2. The second kappa shape index (κ2) is 7.66. The fourth-order valence-corrected chi connectivity index (χ4v) is 3.15. The van der Waals surface area contributed by atoms with Gasteiger partial charge in [0.1, 0.15) is 6.61 Å². The van der Waals surface area contributed by atoms with Crippen LogP contribution >= 0.6 is 0 Å². The number of ether oxygens (including phenoxy) is 2. The van der Waals surface area contributed by atoms with Gasteiger partial charge >= 0.3 is 5.97 Å². The number of benzene rings is 1. The fourth-order valence-electron chi connectivity index (χ4n) is 3.15. The number of nitrogens with zero attached hydrogens (tertiary/aromatic N) is 3. The minimum atomic E-state index is -0.371. The van der Waals surface area contributed by atoms with Gasteiger partial charge in [0.2, 0.25) is 0 Å². The van der Waals surface area contributed by atoms with Gasteiger partial charge in [0.15, 0.2) is 5.65 Å². The van der Waals surface area contributed by atoms with Crippen LogP contribution in [0.5, 0.6) is 0 Å². The van der Waals surface area contributed by atoms with Gasteiger partial charge in [-0.2, -0.15) is 5.10 Å². The van der Waals surface area contributed by atoms with Gasteiger partial charge in [0.05, 0.1) is 24.4 Å². The topological polar surface area (TPSA) is 66.2 Å². The van der Waals surface area contributed by atoms with E-state index in [9.17, 15) is 4.79 Å². The van der Waals surface area contributed by atoms with Crippen molar-refractivity contribution in [2.45, 2.75) is 31.9 Å². The lowest BCUT2D eigenvalue weighted by Crippen LogP contribution is -2.26. The zero-order valence-corrected chi connectivity index (χ0v) is 14.5. The number of esters is 1. The fraction of sp³-hybridized carbons (Fsp3) is 0.350. The Bertz CT molecular complexity index is 886. The average molecular weight is 351 g/mol. The first-order valence-corrected chi connectivity index (χ1v) is 8.94. The Kier molecular flexibility index (Phi) is 4.93. The van der Waals surface area contributed by atoms with Crippen LogP contribution in [-0.2, 0) is 16.0 Å². The molecular weight excluding hydrogens is 330 g/mol. The van der Waals surface area contributed by atoms with Crippen molar-refractivity contribution in [1.29, 1.82) is 0 Å². The SMILES string of the molecule is O=C(OCC1CCCCO1)c1cnc2c(cnn2Cc2ccccc2)c1. The van der Waals surface area contributed by atoms with Crippen LogP contribution in [0.4, 0.5) is 0 Å². The largest absolute Gasteiger partial charge is 0.459 e. The van der Waals surface area contributed by atoms with E-state index in [0.29, 0.717) is 18.7 Å². The van der Waals surface area contributed by atoms with E-state index in [0.717, 1.165) is 42.5 Å². The Hall–Kier alpha value is -2.73. The highest BCUT2D eigenvalue weighted by Crippen LogP contribution is 2.17. The average Bonchev–Trinajstić information content (AvgIpc) is 3.10. The van der Waals surface area contributed by atoms with Gasteiger partial charge in [-0.3, -0.25) is 0 Å². The number of hydrogen-bond donors (Lipinski definition) is 0. The predicted molar refractivity (Wildman–Crippen MR) is 96.9 cm³/mol. The van der Waals surface area contributed by atoms with Crippen LogP contribution in [0.15, 0.2) is 48.8 Å². The summed E-state index contributed by atoms with van der Waals surface area (Å²) in [6.45, 7) is 1.68. The first-order valence-electron chi connectivity index (χ1n) is 8.94. The van der Waals surface area contributed by atoms with Crippen LogP contribution < -0.4 is 0 Å².